The number of nitrogens with one attached hydrogen (secondary N) is 2. The molecule has 0 amide bonds. The van der Waals surface area contributed by atoms with Crippen LogP contribution < -0.4 is 10.6 Å². The second-order valence-electron chi connectivity index (χ2n) is 7.66. The van der Waals surface area contributed by atoms with Gasteiger partial charge in [0.1, 0.15) is 0 Å². The Labute approximate surface area is 202 Å². The standard InChI is InChI=1S/C23H33N7.HI/c1-6-24-23(27-17(2)14-22-18(3)28-29(5)19(22)4)25-13-12-20-15-26-30(16-20)21-10-8-7-9-11-21;/h7-11,15-17H,6,12-14H2,1-5H3,(H2,24,25,27);1H. The topological polar surface area (TPSA) is 72.1 Å². The summed E-state index contributed by atoms with van der Waals surface area (Å²) in [5.41, 5.74) is 5.87. The highest BCUT2D eigenvalue weighted by atomic mass is 127. The van der Waals surface area contributed by atoms with Gasteiger partial charge < -0.3 is 10.6 Å². The summed E-state index contributed by atoms with van der Waals surface area (Å²) in [5, 5.41) is 15.9. The zero-order valence-electron chi connectivity index (χ0n) is 19.1. The predicted octanol–water partition coefficient (Wildman–Crippen LogP) is 3.57. The van der Waals surface area contributed by atoms with Gasteiger partial charge in [0.05, 0.1) is 17.6 Å². The lowest BCUT2D eigenvalue weighted by Crippen LogP contribution is -2.43. The van der Waals surface area contributed by atoms with E-state index in [2.05, 4.69) is 66.9 Å². The van der Waals surface area contributed by atoms with Crippen LogP contribution in [0.4, 0.5) is 0 Å². The first kappa shape index (κ1) is 24.9. The van der Waals surface area contributed by atoms with E-state index < -0.39 is 0 Å². The predicted molar refractivity (Wildman–Crippen MR) is 138 cm³/mol. The first-order valence-electron chi connectivity index (χ1n) is 10.6. The van der Waals surface area contributed by atoms with Crippen molar-refractivity contribution in [3.8, 4) is 5.69 Å². The van der Waals surface area contributed by atoms with Crippen molar-refractivity contribution in [2.75, 3.05) is 13.1 Å². The molecule has 3 aromatic rings. The van der Waals surface area contributed by atoms with Gasteiger partial charge in [0.15, 0.2) is 5.96 Å². The van der Waals surface area contributed by atoms with Crippen molar-refractivity contribution in [3.05, 3.63) is 65.2 Å². The van der Waals surface area contributed by atoms with E-state index in [1.165, 1.54) is 16.8 Å². The summed E-state index contributed by atoms with van der Waals surface area (Å²) in [6.07, 6.45) is 5.75. The Hall–Kier alpha value is -2.36. The summed E-state index contributed by atoms with van der Waals surface area (Å²) in [4.78, 5) is 4.76. The van der Waals surface area contributed by atoms with Crippen LogP contribution in [-0.2, 0) is 19.9 Å². The normalized spacial score (nSPS) is 12.4. The molecule has 1 atom stereocenters. The number of aliphatic imine (C=N–C) groups is 1. The van der Waals surface area contributed by atoms with E-state index >= 15 is 0 Å². The van der Waals surface area contributed by atoms with Crippen LogP contribution in [0.1, 0.15) is 36.4 Å². The lowest BCUT2D eigenvalue weighted by molar-refractivity contribution is 0.635. The van der Waals surface area contributed by atoms with Crippen molar-refractivity contribution in [1.29, 1.82) is 0 Å². The number of guanidine groups is 1. The van der Waals surface area contributed by atoms with Crippen molar-refractivity contribution >= 4 is 29.9 Å². The maximum absolute atomic E-state index is 4.76. The first-order valence-corrected chi connectivity index (χ1v) is 10.6. The summed E-state index contributed by atoms with van der Waals surface area (Å²) in [6.45, 7) is 9.99. The fourth-order valence-corrected chi connectivity index (χ4v) is 3.53. The number of aromatic nitrogens is 4. The number of hydrogen-bond acceptors (Lipinski definition) is 3. The molecular formula is C23H34IN7. The van der Waals surface area contributed by atoms with Crippen LogP contribution in [0, 0.1) is 13.8 Å². The molecule has 0 saturated carbocycles. The minimum absolute atomic E-state index is 0. The molecule has 0 spiro atoms. The van der Waals surface area contributed by atoms with Gasteiger partial charge in [0.25, 0.3) is 0 Å². The quantitative estimate of drug-likeness (QED) is 0.263. The van der Waals surface area contributed by atoms with E-state index in [1.807, 2.05) is 40.8 Å². The van der Waals surface area contributed by atoms with Crippen molar-refractivity contribution < 1.29 is 0 Å². The molecule has 31 heavy (non-hydrogen) atoms. The Morgan fingerprint density at radius 1 is 1.19 bits per heavy atom. The van der Waals surface area contributed by atoms with Crippen LogP contribution in [0.15, 0.2) is 47.7 Å². The maximum atomic E-state index is 4.76. The van der Waals surface area contributed by atoms with E-state index in [1.54, 1.807) is 0 Å². The van der Waals surface area contributed by atoms with E-state index in [4.69, 9.17) is 4.99 Å². The molecule has 0 aliphatic rings. The smallest absolute Gasteiger partial charge is 0.191 e. The number of benzene rings is 1. The molecule has 2 N–H and O–H groups in total. The van der Waals surface area contributed by atoms with Crippen molar-refractivity contribution in [1.82, 2.24) is 30.2 Å². The van der Waals surface area contributed by atoms with Gasteiger partial charge in [-0.15, -0.1) is 24.0 Å². The molecule has 2 heterocycles. The number of aryl methyl sites for hydroxylation is 2. The van der Waals surface area contributed by atoms with E-state index in [9.17, 15) is 0 Å². The monoisotopic (exact) mass is 535 g/mol. The van der Waals surface area contributed by atoms with E-state index in [0.29, 0.717) is 6.54 Å². The molecule has 3 rings (SSSR count). The lowest BCUT2D eigenvalue weighted by atomic mass is 10.1. The largest absolute Gasteiger partial charge is 0.357 e. The molecule has 0 fully saturated rings. The van der Waals surface area contributed by atoms with Gasteiger partial charge in [-0.3, -0.25) is 9.67 Å². The Kier molecular flexibility index (Phi) is 9.54. The molecule has 1 aromatic carbocycles. The number of para-hydroxylation sites is 1. The van der Waals surface area contributed by atoms with Crippen molar-refractivity contribution in [2.24, 2.45) is 12.0 Å². The molecule has 2 aromatic heterocycles. The number of rotatable bonds is 8. The third kappa shape index (κ3) is 6.81. The molecule has 168 valence electrons. The third-order valence-electron chi connectivity index (χ3n) is 5.22. The zero-order chi connectivity index (χ0) is 21.5. The van der Waals surface area contributed by atoms with Gasteiger partial charge >= 0.3 is 0 Å². The molecule has 0 saturated heterocycles. The van der Waals surface area contributed by atoms with Crippen LogP contribution in [0.25, 0.3) is 5.69 Å². The van der Waals surface area contributed by atoms with Gasteiger partial charge in [-0.05, 0) is 63.8 Å². The van der Waals surface area contributed by atoms with Gasteiger partial charge in [-0.2, -0.15) is 10.2 Å². The molecule has 0 bridgehead atoms. The molecule has 8 heteroatoms. The fourth-order valence-electron chi connectivity index (χ4n) is 3.53. The van der Waals surface area contributed by atoms with Crippen LogP contribution in [-0.4, -0.2) is 44.7 Å². The Bertz CT molecular complexity index is 975. The Morgan fingerprint density at radius 3 is 2.58 bits per heavy atom. The van der Waals surface area contributed by atoms with Gasteiger partial charge in [0, 0.05) is 38.1 Å². The van der Waals surface area contributed by atoms with E-state index in [0.717, 1.165) is 36.7 Å². The summed E-state index contributed by atoms with van der Waals surface area (Å²) in [6, 6.07) is 10.4. The second kappa shape index (κ2) is 11.9. The SMILES string of the molecule is CCNC(=NCCc1cnn(-c2ccccc2)c1)NC(C)Cc1c(C)nn(C)c1C.I. The highest BCUT2D eigenvalue weighted by molar-refractivity contribution is 14.0. The molecule has 0 radical (unpaired) electrons. The van der Waals surface area contributed by atoms with Crippen molar-refractivity contribution in [3.63, 3.8) is 0 Å². The van der Waals surface area contributed by atoms with Crippen LogP contribution >= 0.6 is 24.0 Å². The highest BCUT2D eigenvalue weighted by Gasteiger charge is 2.14. The highest BCUT2D eigenvalue weighted by Crippen LogP contribution is 2.14. The number of nitrogens with zero attached hydrogens (tertiary/aromatic N) is 5. The minimum Gasteiger partial charge on any atom is -0.357 e. The van der Waals surface area contributed by atoms with Gasteiger partial charge in [0.2, 0.25) is 0 Å². The minimum atomic E-state index is 0. The Morgan fingerprint density at radius 2 is 1.94 bits per heavy atom. The summed E-state index contributed by atoms with van der Waals surface area (Å²) >= 11 is 0. The average molecular weight is 535 g/mol. The van der Waals surface area contributed by atoms with Gasteiger partial charge in [-0.25, -0.2) is 4.68 Å². The number of halogens is 1. The maximum Gasteiger partial charge on any atom is 0.191 e. The van der Waals surface area contributed by atoms with E-state index in [-0.39, 0.29) is 30.0 Å². The second-order valence-corrected chi connectivity index (χ2v) is 7.66. The molecular weight excluding hydrogens is 501 g/mol. The lowest BCUT2D eigenvalue weighted by Gasteiger charge is -2.18. The number of hydrogen-bond donors (Lipinski definition) is 2. The Balaban J connectivity index is 0.00000341. The molecule has 1 unspecified atom stereocenters. The molecule has 0 aliphatic carbocycles. The molecule has 0 aliphatic heterocycles. The average Bonchev–Trinajstić information content (AvgIpc) is 3.29. The van der Waals surface area contributed by atoms with Crippen LogP contribution in [0.5, 0.6) is 0 Å². The first-order chi connectivity index (χ1) is 14.5. The summed E-state index contributed by atoms with van der Waals surface area (Å²) in [7, 11) is 2.00. The van der Waals surface area contributed by atoms with Crippen molar-refractivity contribution in [2.45, 2.75) is 46.6 Å². The zero-order valence-corrected chi connectivity index (χ0v) is 21.4. The summed E-state index contributed by atoms with van der Waals surface area (Å²) in [5.74, 6) is 0.847. The van der Waals surface area contributed by atoms with Crippen LogP contribution in [0.2, 0.25) is 0 Å². The summed E-state index contributed by atoms with van der Waals surface area (Å²) < 4.78 is 3.86. The van der Waals surface area contributed by atoms with Gasteiger partial charge in [-0.1, -0.05) is 18.2 Å². The fraction of sp³-hybridized carbons (Fsp3) is 0.435. The van der Waals surface area contributed by atoms with Crippen LogP contribution in [0.3, 0.4) is 0 Å². The molecule has 7 nitrogen and oxygen atoms in total. The third-order valence-corrected chi connectivity index (χ3v) is 5.22.